The van der Waals surface area contributed by atoms with Crippen molar-refractivity contribution in [1.29, 1.82) is 0 Å². The number of nitrogens with zero attached hydrogens (tertiary/aromatic N) is 3. The van der Waals surface area contributed by atoms with E-state index in [2.05, 4.69) is 37.1 Å². The fraction of sp³-hybridized carbons (Fsp3) is 0.241. The monoisotopic (exact) mass is 451 g/mol. The van der Waals surface area contributed by atoms with Crippen molar-refractivity contribution in [2.45, 2.75) is 25.3 Å². The number of anilines is 1. The van der Waals surface area contributed by atoms with Crippen molar-refractivity contribution in [2.75, 3.05) is 25.0 Å². The molecule has 3 aromatic carbocycles. The minimum absolute atomic E-state index is 0.00381. The van der Waals surface area contributed by atoms with Crippen LogP contribution in [0.5, 0.6) is 0 Å². The first-order valence-corrected chi connectivity index (χ1v) is 11.8. The van der Waals surface area contributed by atoms with Crippen LogP contribution in [0.25, 0.3) is 22.2 Å². The van der Waals surface area contributed by atoms with Crippen LogP contribution < -0.4 is 4.90 Å². The zero-order chi connectivity index (χ0) is 23.4. The molecule has 4 nitrogen and oxygen atoms in total. The van der Waals surface area contributed by atoms with E-state index in [0.717, 1.165) is 41.7 Å². The van der Waals surface area contributed by atoms with Gasteiger partial charge in [0.15, 0.2) is 0 Å². The van der Waals surface area contributed by atoms with Crippen molar-refractivity contribution in [3.63, 3.8) is 0 Å². The van der Waals surface area contributed by atoms with Gasteiger partial charge in [-0.15, -0.1) is 0 Å². The molecule has 2 aliphatic rings. The number of carbonyl (C=O) groups is 1. The predicted molar refractivity (Wildman–Crippen MR) is 134 cm³/mol. The summed E-state index contributed by atoms with van der Waals surface area (Å²) in [5.41, 5.74) is 6.35. The third-order valence-electron chi connectivity index (χ3n) is 7.26. The van der Waals surface area contributed by atoms with Crippen LogP contribution in [-0.2, 0) is 0 Å². The molecule has 1 amide bonds. The molecule has 5 heteroatoms. The Morgan fingerprint density at radius 3 is 2.65 bits per heavy atom. The molecule has 4 aromatic rings. The smallest absolute Gasteiger partial charge is 0.259 e. The Kier molecular flexibility index (Phi) is 4.96. The molecule has 1 fully saturated rings. The highest BCUT2D eigenvalue weighted by Crippen LogP contribution is 2.46. The molecule has 0 unspecified atom stereocenters. The van der Waals surface area contributed by atoms with E-state index in [-0.39, 0.29) is 17.8 Å². The summed E-state index contributed by atoms with van der Waals surface area (Å²) >= 11 is 0. The molecule has 0 saturated carbocycles. The Balaban J connectivity index is 1.51. The van der Waals surface area contributed by atoms with Crippen molar-refractivity contribution in [3.05, 3.63) is 95.3 Å². The maximum absolute atomic E-state index is 14.3. The maximum atomic E-state index is 14.3. The number of carbonyl (C=O) groups excluding carboxylic acids is 1. The molecular formula is C29H26FN3O. The van der Waals surface area contributed by atoms with E-state index >= 15 is 0 Å². The van der Waals surface area contributed by atoms with Crippen LogP contribution >= 0.6 is 0 Å². The number of pyridine rings is 1. The molecule has 3 heterocycles. The Morgan fingerprint density at radius 1 is 1.03 bits per heavy atom. The number of rotatable bonds is 2. The lowest BCUT2D eigenvalue weighted by Gasteiger charge is -2.36. The Bertz CT molecular complexity index is 1420. The van der Waals surface area contributed by atoms with Crippen LogP contribution in [-0.4, -0.2) is 42.0 Å². The van der Waals surface area contributed by atoms with Crippen LogP contribution in [0.2, 0.25) is 0 Å². The number of aromatic nitrogens is 1. The largest absolute Gasteiger partial charge is 0.306 e. The fourth-order valence-electron chi connectivity index (χ4n) is 5.60. The molecule has 2 aliphatic heterocycles. The summed E-state index contributed by atoms with van der Waals surface area (Å²) in [6.45, 7) is 4.02. The second kappa shape index (κ2) is 8.03. The number of aryl methyl sites for hydroxylation is 1. The minimum atomic E-state index is -0.293. The van der Waals surface area contributed by atoms with E-state index in [9.17, 15) is 9.18 Å². The second-order valence-electron chi connectivity index (χ2n) is 9.54. The van der Waals surface area contributed by atoms with E-state index in [4.69, 9.17) is 4.98 Å². The van der Waals surface area contributed by atoms with Crippen molar-refractivity contribution < 1.29 is 9.18 Å². The third-order valence-corrected chi connectivity index (χ3v) is 7.26. The Labute approximate surface area is 198 Å². The molecule has 0 radical (unpaired) electrons. The van der Waals surface area contributed by atoms with Gasteiger partial charge in [0.05, 0.1) is 16.8 Å². The number of amides is 1. The number of piperidine rings is 1. The SMILES string of the molecule is Cc1ccc2c(c1)[C@@H]1CN(C)CC[C@H]1N2C(=O)c1cc(-c2ccc(F)cc2)nc2ccccc12. The fourth-order valence-corrected chi connectivity index (χ4v) is 5.60. The summed E-state index contributed by atoms with van der Waals surface area (Å²) in [7, 11) is 2.15. The molecular weight excluding hydrogens is 425 g/mol. The molecule has 2 atom stereocenters. The highest BCUT2D eigenvalue weighted by atomic mass is 19.1. The van der Waals surface area contributed by atoms with Gasteiger partial charge in [0, 0.05) is 35.1 Å². The first kappa shape index (κ1) is 21.0. The van der Waals surface area contributed by atoms with E-state index in [1.165, 1.54) is 23.3 Å². The summed E-state index contributed by atoms with van der Waals surface area (Å²) in [4.78, 5) is 23.5. The number of likely N-dealkylation sites (N-methyl/N-ethyl adjacent to an activating group) is 1. The van der Waals surface area contributed by atoms with Crippen molar-refractivity contribution in [2.24, 2.45) is 0 Å². The molecule has 0 bridgehead atoms. The van der Waals surface area contributed by atoms with Crippen LogP contribution in [0, 0.1) is 12.7 Å². The molecule has 0 spiro atoms. The summed E-state index contributed by atoms with van der Waals surface area (Å²) in [6, 6.07) is 22.5. The van der Waals surface area contributed by atoms with Crippen LogP contribution in [0.3, 0.4) is 0 Å². The highest BCUT2D eigenvalue weighted by molar-refractivity contribution is 6.15. The van der Waals surface area contributed by atoms with Gasteiger partial charge in [0.1, 0.15) is 5.82 Å². The molecule has 1 aromatic heterocycles. The number of halogens is 1. The lowest BCUT2D eigenvalue weighted by atomic mass is 9.88. The Hall–Kier alpha value is -3.57. The summed E-state index contributed by atoms with van der Waals surface area (Å²) in [6.07, 6.45) is 0.939. The van der Waals surface area contributed by atoms with Gasteiger partial charge < -0.3 is 9.80 Å². The number of para-hydroxylation sites is 1. The third kappa shape index (κ3) is 3.39. The van der Waals surface area contributed by atoms with Crippen molar-refractivity contribution in [1.82, 2.24) is 9.88 Å². The quantitative estimate of drug-likeness (QED) is 0.387. The van der Waals surface area contributed by atoms with Crippen LogP contribution in [0.15, 0.2) is 72.8 Å². The number of hydrogen-bond acceptors (Lipinski definition) is 3. The van der Waals surface area contributed by atoms with Gasteiger partial charge >= 0.3 is 0 Å². The van der Waals surface area contributed by atoms with Gasteiger partial charge in [0.25, 0.3) is 5.91 Å². The second-order valence-corrected chi connectivity index (χ2v) is 9.54. The van der Waals surface area contributed by atoms with E-state index in [1.807, 2.05) is 35.2 Å². The molecule has 1 saturated heterocycles. The highest BCUT2D eigenvalue weighted by Gasteiger charge is 2.44. The standard InChI is InChI=1S/C29H26FN3O/c1-18-7-12-27-22(15-18)24-17-32(2)14-13-28(24)33(27)29(34)23-16-26(19-8-10-20(30)11-9-19)31-25-6-4-3-5-21(23)25/h3-12,15-16,24,28H,13-14,17H2,1-2H3/t24-,28+/m0/s1. The van der Waals surface area contributed by atoms with E-state index in [0.29, 0.717) is 17.2 Å². The summed E-state index contributed by atoms with van der Waals surface area (Å²) in [5.74, 6) is 0.0181. The molecule has 0 aliphatic carbocycles. The molecule has 34 heavy (non-hydrogen) atoms. The van der Waals surface area contributed by atoms with Gasteiger partial charge in [0.2, 0.25) is 0 Å². The first-order valence-electron chi connectivity index (χ1n) is 11.8. The first-order chi connectivity index (χ1) is 16.5. The summed E-state index contributed by atoms with van der Waals surface area (Å²) < 4.78 is 13.5. The molecule has 170 valence electrons. The van der Waals surface area contributed by atoms with Gasteiger partial charge in [-0.2, -0.15) is 0 Å². The number of hydrogen-bond donors (Lipinski definition) is 0. The zero-order valence-corrected chi connectivity index (χ0v) is 19.3. The maximum Gasteiger partial charge on any atom is 0.259 e. The number of fused-ring (bicyclic) bond motifs is 4. The minimum Gasteiger partial charge on any atom is -0.306 e. The zero-order valence-electron chi connectivity index (χ0n) is 19.3. The number of benzene rings is 3. The van der Waals surface area contributed by atoms with Crippen molar-refractivity contribution >= 4 is 22.5 Å². The lowest BCUT2D eigenvalue weighted by Crippen LogP contribution is -2.47. The van der Waals surface area contributed by atoms with Crippen LogP contribution in [0.4, 0.5) is 10.1 Å². The van der Waals surface area contributed by atoms with Crippen LogP contribution in [0.1, 0.15) is 33.8 Å². The predicted octanol–water partition coefficient (Wildman–Crippen LogP) is 5.80. The van der Waals surface area contributed by atoms with Gasteiger partial charge in [-0.1, -0.05) is 35.9 Å². The average Bonchev–Trinajstić information content (AvgIpc) is 3.16. The summed E-state index contributed by atoms with van der Waals surface area (Å²) in [5, 5.41) is 0.836. The van der Waals surface area contributed by atoms with Gasteiger partial charge in [-0.3, -0.25) is 4.79 Å². The number of likely N-dealkylation sites (tertiary alicyclic amines) is 1. The lowest BCUT2D eigenvalue weighted by molar-refractivity contribution is 0.0966. The molecule has 0 N–H and O–H groups in total. The normalized spacial score (nSPS) is 19.8. The molecule has 6 rings (SSSR count). The average molecular weight is 452 g/mol. The topological polar surface area (TPSA) is 36.4 Å². The van der Waals surface area contributed by atoms with Gasteiger partial charge in [-0.05, 0) is 75.0 Å². The van der Waals surface area contributed by atoms with Gasteiger partial charge in [-0.25, -0.2) is 9.37 Å². The van der Waals surface area contributed by atoms with E-state index < -0.39 is 0 Å². The van der Waals surface area contributed by atoms with Crippen molar-refractivity contribution in [3.8, 4) is 11.3 Å². The Morgan fingerprint density at radius 2 is 1.82 bits per heavy atom. The van der Waals surface area contributed by atoms with E-state index in [1.54, 1.807) is 12.1 Å².